The average Bonchev–Trinajstić information content (AvgIpc) is 3.35. The van der Waals surface area contributed by atoms with E-state index in [2.05, 4.69) is 27.2 Å². The predicted molar refractivity (Wildman–Crippen MR) is 117 cm³/mol. The number of nitrogens with one attached hydrogen (secondary N) is 1. The van der Waals surface area contributed by atoms with E-state index in [9.17, 15) is 0 Å². The summed E-state index contributed by atoms with van der Waals surface area (Å²) in [6.07, 6.45) is -0.181. The standard InChI is InChI=1S/C24H26N4O2/c1-5-13-26-20-11-10-17-18(20)7-6-8-19(17)23-27-24(30-28-23)16-9-12-22(29-15(2)3)21(14-16)25-4/h6-9,12,14-15,20,26H,5,10-11,13H2,1-3H3/t20-/m0/s1/i10D2. The van der Waals surface area contributed by atoms with Crippen LogP contribution < -0.4 is 10.1 Å². The van der Waals surface area contributed by atoms with Gasteiger partial charge in [-0.25, -0.2) is 4.85 Å². The van der Waals surface area contributed by atoms with Gasteiger partial charge in [0.15, 0.2) is 0 Å². The Morgan fingerprint density at radius 1 is 1.37 bits per heavy atom. The van der Waals surface area contributed by atoms with Gasteiger partial charge in [0.05, 0.1) is 12.7 Å². The molecule has 154 valence electrons. The minimum Gasteiger partial charge on any atom is -0.502 e. The van der Waals surface area contributed by atoms with E-state index in [4.69, 9.17) is 18.6 Å². The number of hydrogen-bond donors (Lipinski definition) is 1. The first kappa shape index (κ1) is 17.7. The van der Waals surface area contributed by atoms with Crippen molar-refractivity contribution >= 4 is 5.69 Å². The molecule has 1 atom stereocenters. The Morgan fingerprint density at radius 3 is 3.00 bits per heavy atom. The van der Waals surface area contributed by atoms with Crippen molar-refractivity contribution in [2.24, 2.45) is 0 Å². The summed E-state index contributed by atoms with van der Waals surface area (Å²) in [6, 6.07) is 10.8. The molecule has 1 aliphatic carbocycles. The quantitative estimate of drug-likeness (QED) is 0.510. The fourth-order valence-corrected chi connectivity index (χ4v) is 3.60. The van der Waals surface area contributed by atoms with E-state index in [1.807, 2.05) is 32.0 Å². The summed E-state index contributed by atoms with van der Waals surface area (Å²) in [7, 11) is 0. The topological polar surface area (TPSA) is 64.5 Å². The molecule has 6 heteroatoms. The molecular weight excluding hydrogens is 376 g/mol. The first-order chi connectivity index (χ1) is 15.3. The highest BCUT2D eigenvalue weighted by Crippen LogP contribution is 2.38. The fourth-order valence-electron chi connectivity index (χ4n) is 3.60. The van der Waals surface area contributed by atoms with Crippen LogP contribution in [0.5, 0.6) is 5.75 Å². The van der Waals surface area contributed by atoms with Gasteiger partial charge in [0.1, 0.15) is 5.75 Å². The lowest BCUT2D eigenvalue weighted by atomic mass is 10.0. The van der Waals surface area contributed by atoms with E-state index < -0.39 is 6.37 Å². The summed E-state index contributed by atoms with van der Waals surface area (Å²) in [5.41, 5.74) is 3.18. The lowest BCUT2D eigenvalue weighted by Crippen LogP contribution is -2.19. The molecule has 0 saturated heterocycles. The van der Waals surface area contributed by atoms with E-state index in [0.717, 1.165) is 18.5 Å². The van der Waals surface area contributed by atoms with Gasteiger partial charge in [0.25, 0.3) is 5.89 Å². The Kier molecular flexibility index (Phi) is 5.11. The monoisotopic (exact) mass is 404 g/mol. The summed E-state index contributed by atoms with van der Waals surface area (Å²) in [5, 5.41) is 7.58. The highest BCUT2D eigenvalue weighted by atomic mass is 16.5. The van der Waals surface area contributed by atoms with Gasteiger partial charge in [-0.1, -0.05) is 30.3 Å². The van der Waals surface area contributed by atoms with Crippen LogP contribution in [0, 0.1) is 6.57 Å². The van der Waals surface area contributed by atoms with E-state index in [-0.39, 0.29) is 18.0 Å². The third-order valence-electron chi connectivity index (χ3n) is 4.95. The van der Waals surface area contributed by atoms with Crippen LogP contribution in [-0.2, 0) is 6.37 Å². The second-order valence-electron chi connectivity index (χ2n) is 7.54. The fraction of sp³-hybridized carbons (Fsp3) is 0.375. The molecule has 0 unspecified atom stereocenters. The van der Waals surface area contributed by atoms with Gasteiger partial charge in [0, 0.05) is 19.9 Å². The van der Waals surface area contributed by atoms with Crippen LogP contribution in [0.15, 0.2) is 40.9 Å². The van der Waals surface area contributed by atoms with Crippen LogP contribution in [0.2, 0.25) is 0 Å². The molecule has 0 saturated carbocycles. The Labute approximate surface area is 179 Å². The molecule has 1 N–H and O–H groups in total. The molecule has 0 spiro atoms. The summed E-state index contributed by atoms with van der Waals surface area (Å²) in [4.78, 5) is 8.09. The molecule has 1 aromatic heterocycles. The number of fused-ring (bicyclic) bond motifs is 1. The zero-order valence-corrected chi connectivity index (χ0v) is 17.4. The predicted octanol–water partition coefficient (Wildman–Crippen LogP) is 5.73. The molecule has 3 aromatic rings. The third-order valence-corrected chi connectivity index (χ3v) is 4.95. The van der Waals surface area contributed by atoms with Crippen molar-refractivity contribution in [3.05, 3.63) is 58.9 Å². The second kappa shape index (κ2) is 8.68. The molecule has 0 amide bonds. The zero-order chi connectivity index (χ0) is 22.9. The van der Waals surface area contributed by atoms with E-state index >= 15 is 0 Å². The molecule has 6 nitrogen and oxygen atoms in total. The van der Waals surface area contributed by atoms with E-state index in [0.29, 0.717) is 40.4 Å². The lowest BCUT2D eigenvalue weighted by Gasteiger charge is -2.13. The number of benzene rings is 2. The first-order valence-electron chi connectivity index (χ1n) is 11.2. The molecule has 1 aliphatic rings. The highest BCUT2D eigenvalue weighted by molar-refractivity contribution is 5.70. The molecule has 0 bridgehead atoms. The van der Waals surface area contributed by atoms with Gasteiger partial charge in [-0.2, -0.15) is 4.98 Å². The third kappa shape index (κ3) is 3.94. The Bertz CT molecular complexity index is 1170. The van der Waals surface area contributed by atoms with Crippen molar-refractivity contribution in [3.63, 3.8) is 0 Å². The van der Waals surface area contributed by atoms with Crippen LogP contribution in [0.3, 0.4) is 0 Å². The van der Waals surface area contributed by atoms with Crippen molar-refractivity contribution in [1.82, 2.24) is 15.5 Å². The highest BCUT2D eigenvalue weighted by Gasteiger charge is 2.26. The first-order valence-corrected chi connectivity index (χ1v) is 10.2. The van der Waals surface area contributed by atoms with Gasteiger partial charge in [-0.3, -0.25) is 0 Å². The van der Waals surface area contributed by atoms with Gasteiger partial charge >= 0.3 is 0 Å². The van der Waals surface area contributed by atoms with Crippen LogP contribution >= 0.6 is 0 Å². The minimum atomic E-state index is -1.49. The number of ether oxygens (including phenoxy) is 1. The van der Waals surface area contributed by atoms with Crippen molar-refractivity contribution in [3.8, 4) is 28.6 Å². The minimum absolute atomic E-state index is 0.0396. The van der Waals surface area contributed by atoms with Crippen LogP contribution in [0.25, 0.3) is 27.7 Å². The molecule has 0 radical (unpaired) electrons. The SMILES string of the molecule is [2H]C1([2H])C[C@H](NCCC)c2cccc(-c3noc(-c4ccc(OC(C)C)c([N+]#[C-])c4)n3)c21. The van der Waals surface area contributed by atoms with Gasteiger partial charge in [-0.15, -0.1) is 0 Å². The second-order valence-corrected chi connectivity index (χ2v) is 7.54. The number of rotatable bonds is 7. The van der Waals surface area contributed by atoms with E-state index in [1.54, 1.807) is 18.2 Å². The average molecular weight is 405 g/mol. The Balaban J connectivity index is 1.70. The smallest absolute Gasteiger partial charge is 0.256 e. The van der Waals surface area contributed by atoms with Gasteiger partial charge in [-0.05, 0) is 68.9 Å². The molecule has 0 aliphatic heterocycles. The summed E-state index contributed by atoms with van der Waals surface area (Å²) < 4.78 is 28.4. The molecule has 0 fully saturated rings. The zero-order valence-electron chi connectivity index (χ0n) is 19.4. The molecule has 2 aromatic carbocycles. The largest absolute Gasteiger partial charge is 0.502 e. The molecule has 30 heavy (non-hydrogen) atoms. The molecule has 1 heterocycles. The molecule has 4 rings (SSSR count). The summed E-state index contributed by atoms with van der Waals surface area (Å²) >= 11 is 0. The Hall–Kier alpha value is -3.17. The lowest BCUT2D eigenvalue weighted by molar-refractivity contribution is 0.244. The van der Waals surface area contributed by atoms with Crippen LogP contribution in [-0.4, -0.2) is 22.8 Å². The van der Waals surface area contributed by atoms with E-state index in [1.165, 1.54) is 0 Å². The maximum Gasteiger partial charge on any atom is 0.256 e. The van der Waals surface area contributed by atoms with Crippen LogP contribution in [0.1, 0.15) is 53.5 Å². The number of nitrogens with zero attached hydrogens (tertiary/aromatic N) is 3. The number of hydrogen-bond acceptors (Lipinski definition) is 5. The normalized spacial score (nSPS) is 17.9. The van der Waals surface area contributed by atoms with Crippen molar-refractivity contribution < 1.29 is 12.0 Å². The van der Waals surface area contributed by atoms with Crippen molar-refractivity contribution in [1.29, 1.82) is 0 Å². The van der Waals surface area contributed by atoms with Gasteiger partial charge < -0.3 is 14.6 Å². The maximum absolute atomic E-state index is 8.62. The van der Waals surface area contributed by atoms with Crippen molar-refractivity contribution in [2.75, 3.05) is 6.54 Å². The van der Waals surface area contributed by atoms with Gasteiger partial charge in [0.2, 0.25) is 11.5 Å². The molecular formula is C24H26N4O2. The maximum atomic E-state index is 8.62. The van der Waals surface area contributed by atoms with Crippen molar-refractivity contribution in [2.45, 2.75) is 52.1 Å². The Morgan fingerprint density at radius 2 is 2.23 bits per heavy atom. The number of aromatic nitrogens is 2. The summed E-state index contributed by atoms with van der Waals surface area (Å²) in [5.74, 6) is 1.12. The van der Waals surface area contributed by atoms with Crippen LogP contribution in [0.4, 0.5) is 5.69 Å². The summed E-state index contributed by atoms with van der Waals surface area (Å²) in [6.45, 7) is 14.2.